The molecule has 1 amide bonds. The number of hydrogen-bond acceptors (Lipinski definition) is 4. The van der Waals surface area contributed by atoms with Crippen molar-refractivity contribution in [1.82, 2.24) is 4.90 Å². The smallest absolute Gasteiger partial charge is 0.290 e. The maximum Gasteiger partial charge on any atom is 0.290 e. The van der Waals surface area contributed by atoms with E-state index in [-0.39, 0.29) is 47.6 Å². The molecule has 0 saturated heterocycles. The molecule has 2 aliphatic heterocycles. The number of aromatic hydroxyl groups is 1. The molecule has 30 heavy (non-hydrogen) atoms. The van der Waals surface area contributed by atoms with Crippen LogP contribution in [0.3, 0.4) is 0 Å². The first kappa shape index (κ1) is 18.9. The third-order valence-electron chi connectivity index (χ3n) is 6.31. The Kier molecular flexibility index (Phi) is 4.57. The van der Waals surface area contributed by atoms with Gasteiger partial charge in [0.25, 0.3) is 5.91 Å². The summed E-state index contributed by atoms with van der Waals surface area (Å²) in [6, 6.07) is 11.9. The number of phenols is 1. The third kappa shape index (κ3) is 3.07. The minimum atomic E-state index is -0.639. The van der Waals surface area contributed by atoms with E-state index in [0.29, 0.717) is 11.1 Å². The molecule has 3 atom stereocenters. The molecule has 2 aromatic carbocycles. The van der Waals surface area contributed by atoms with E-state index in [1.807, 2.05) is 0 Å². The van der Waals surface area contributed by atoms with Crippen molar-refractivity contribution in [1.29, 1.82) is 0 Å². The molecular weight excluding hydrogens is 385 g/mol. The highest BCUT2D eigenvalue weighted by molar-refractivity contribution is 6.11. The van der Waals surface area contributed by atoms with Gasteiger partial charge in [-0.2, -0.15) is 0 Å². The molecule has 1 aliphatic carbocycles. The molecule has 0 spiro atoms. The first-order chi connectivity index (χ1) is 14.5. The van der Waals surface area contributed by atoms with E-state index >= 15 is 0 Å². The Morgan fingerprint density at radius 1 is 1.07 bits per heavy atom. The van der Waals surface area contributed by atoms with Crippen LogP contribution in [-0.2, 0) is 20.9 Å². The van der Waals surface area contributed by atoms with Gasteiger partial charge >= 0.3 is 0 Å². The lowest BCUT2D eigenvalue weighted by Gasteiger charge is -2.35. The van der Waals surface area contributed by atoms with Crippen molar-refractivity contribution in [2.45, 2.75) is 44.4 Å². The summed E-state index contributed by atoms with van der Waals surface area (Å²) >= 11 is 0. The summed E-state index contributed by atoms with van der Waals surface area (Å²) in [6.07, 6.45) is 3.25. The van der Waals surface area contributed by atoms with E-state index in [2.05, 4.69) is 0 Å². The summed E-state index contributed by atoms with van der Waals surface area (Å²) in [7, 11) is 0. The number of carbonyl (C=O) groups excluding carboxylic acids is 2. The topological polar surface area (TPSA) is 66.8 Å². The molecule has 154 valence electrons. The molecule has 3 aliphatic rings. The van der Waals surface area contributed by atoms with E-state index < -0.39 is 6.04 Å². The van der Waals surface area contributed by atoms with E-state index in [1.54, 1.807) is 41.3 Å². The fourth-order valence-electron chi connectivity index (χ4n) is 4.88. The average Bonchev–Trinajstić information content (AvgIpc) is 3.02. The van der Waals surface area contributed by atoms with Crippen LogP contribution in [0.5, 0.6) is 5.75 Å². The van der Waals surface area contributed by atoms with E-state index in [0.717, 1.165) is 31.2 Å². The van der Waals surface area contributed by atoms with Gasteiger partial charge in [-0.25, -0.2) is 4.39 Å². The standard InChI is InChI=1S/C24H22FNO4/c25-16-10-8-14(9-11-16)13-26-21(15-4-3-5-17(27)12-15)20-22(28)18-6-1-2-7-19(18)30-23(20)24(26)29/h3-5,8-12,18-19,21,27H,1-2,6-7,13H2. The van der Waals surface area contributed by atoms with Gasteiger partial charge in [0.15, 0.2) is 11.5 Å². The maximum absolute atomic E-state index is 13.5. The van der Waals surface area contributed by atoms with Gasteiger partial charge in [-0.15, -0.1) is 0 Å². The zero-order valence-electron chi connectivity index (χ0n) is 16.4. The summed E-state index contributed by atoms with van der Waals surface area (Å²) in [4.78, 5) is 28.4. The van der Waals surface area contributed by atoms with Gasteiger partial charge in [-0.05, 0) is 54.7 Å². The van der Waals surface area contributed by atoms with Crippen molar-refractivity contribution in [3.05, 3.63) is 76.8 Å². The molecule has 6 heteroatoms. The summed E-state index contributed by atoms with van der Waals surface area (Å²) < 4.78 is 19.5. The zero-order chi connectivity index (χ0) is 20.8. The largest absolute Gasteiger partial charge is 0.508 e. The van der Waals surface area contributed by atoms with Crippen LogP contribution in [0.2, 0.25) is 0 Å². The number of ether oxygens (including phenoxy) is 1. The Morgan fingerprint density at radius 3 is 2.60 bits per heavy atom. The lowest BCUT2D eigenvalue weighted by molar-refractivity contribution is -0.135. The number of hydrogen-bond donors (Lipinski definition) is 1. The molecule has 5 rings (SSSR count). The van der Waals surface area contributed by atoms with Crippen LogP contribution in [0.1, 0.15) is 42.9 Å². The molecule has 2 aromatic rings. The van der Waals surface area contributed by atoms with Gasteiger partial charge in [0.2, 0.25) is 0 Å². The number of nitrogens with zero attached hydrogens (tertiary/aromatic N) is 1. The Balaban J connectivity index is 1.58. The van der Waals surface area contributed by atoms with Crippen LogP contribution >= 0.6 is 0 Å². The highest BCUT2D eigenvalue weighted by Crippen LogP contribution is 2.47. The molecule has 0 aromatic heterocycles. The van der Waals surface area contributed by atoms with Crippen LogP contribution in [0.25, 0.3) is 0 Å². The fraction of sp³-hybridized carbons (Fsp3) is 0.333. The Bertz CT molecular complexity index is 1050. The number of fused-ring (bicyclic) bond motifs is 1. The van der Waals surface area contributed by atoms with Crippen molar-refractivity contribution < 1.29 is 23.8 Å². The predicted molar refractivity (Wildman–Crippen MR) is 107 cm³/mol. The van der Waals surface area contributed by atoms with Gasteiger partial charge in [0.1, 0.15) is 17.7 Å². The number of Topliss-reactive ketones (excluding diaryl/α,β-unsaturated/α-hetero) is 1. The molecule has 1 N–H and O–H groups in total. The molecule has 2 heterocycles. The second kappa shape index (κ2) is 7.27. The van der Waals surface area contributed by atoms with Gasteiger partial charge in [0, 0.05) is 6.54 Å². The number of rotatable bonds is 3. The minimum absolute atomic E-state index is 0.0238. The average molecular weight is 407 g/mol. The zero-order valence-corrected chi connectivity index (χ0v) is 16.4. The molecule has 3 unspecified atom stereocenters. The molecule has 0 radical (unpaired) electrons. The molecule has 1 saturated carbocycles. The number of phenolic OH excluding ortho intramolecular Hbond substituents is 1. The van der Waals surface area contributed by atoms with Crippen LogP contribution < -0.4 is 0 Å². The highest BCUT2D eigenvalue weighted by atomic mass is 19.1. The quantitative estimate of drug-likeness (QED) is 0.834. The van der Waals surface area contributed by atoms with Gasteiger partial charge in [0.05, 0.1) is 17.5 Å². The second-order valence-electron chi connectivity index (χ2n) is 8.21. The number of ketones is 1. The van der Waals surface area contributed by atoms with Crippen LogP contribution in [-0.4, -0.2) is 27.8 Å². The number of amides is 1. The van der Waals surface area contributed by atoms with Gasteiger partial charge < -0.3 is 14.7 Å². The number of halogens is 1. The van der Waals surface area contributed by atoms with Crippen molar-refractivity contribution in [2.24, 2.45) is 5.92 Å². The van der Waals surface area contributed by atoms with Crippen molar-refractivity contribution >= 4 is 11.7 Å². The second-order valence-corrected chi connectivity index (χ2v) is 8.21. The van der Waals surface area contributed by atoms with Crippen LogP contribution in [0.15, 0.2) is 59.9 Å². The first-order valence-electron chi connectivity index (χ1n) is 10.3. The predicted octanol–water partition coefficient (Wildman–Crippen LogP) is 4.03. The maximum atomic E-state index is 13.5. The Hall–Kier alpha value is -3.15. The van der Waals surface area contributed by atoms with Gasteiger partial charge in [-0.1, -0.05) is 30.7 Å². The van der Waals surface area contributed by atoms with E-state index in [4.69, 9.17) is 4.74 Å². The van der Waals surface area contributed by atoms with E-state index in [9.17, 15) is 19.1 Å². The summed E-state index contributed by atoms with van der Waals surface area (Å²) in [5, 5.41) is 10.0. The molecule has 5 nitrogen and oxygen atoms in total. The van der Waals surface area contributed by atoms with Crippen molar-refractivity contribution in [3.63, 3.8) is 0 Å². The molecule has 0 bridgehead atoms. The SMILES string of the molecule is O=C1C2=C(OC3CCCCC13)C(=O)N(Cc1ccc(F)cc1)C2c1cccc(O)c1. The van der Waals surface area contributed by atoms with E-state index in [1.165, 1.54) is 12.1 Å². The molecular formula is C24H22FNO4. The Labute approximate surface area is 173 Å². The first-order valence-corrected chi connectivity index (χ1v) is 10.3. The lowest BCUT2D eigenvalue weighted by Crippen LogP contribution is -2.39. The molecule has 1 fully saturated rings. The van der Waals surface area contributed by atoms with Crippen LogP contribution in [0, 0.1) is 11.7 Å². The third-order valence-corrected chi connectivity index (χ3v) is 6.31. The van der Waals surface area contributed by atoms with Crippen molar-refractivity contribution in [3.8, 4) is 5.75 Å². The minimum Gasteiger partial charge on any atom is -0.508 e. The number of carbonyl (C=O) groups is 2. The summed E-state index contributed by atoms with van der Waals surface area (Å²) in [5.74, 6) is -0.731. The van der Waals surface area contributed by atoms with Crippen LogP contribution in [0.4, 0.5) is 4.39 Å². The fourth-order valence-corrected chi connectivity index (χ4v) is 4.88. The summed E-state index contributed by atoms with van der Waals surface area (Å²) in [6.45, 7) is 0.207. The lowest BCUT2D eigenvalue weighted by atomic mass is 9.77. The number of benzene rings is 2. The highest BCUT2D eigenvalue weighted by Gasteiger charge is 2.51. The Morgan fingerprint density at radius 2 is 1.83 bits per heavy atom. The monoisotopic (exact) mass is 407 g/mol. The normalized spacial score (nSPS) is 25.8. The van der Waals surface area contributed by atoms with Gasteiger partial charge in [-0.3, -0.25) is 9.59 Å². The van der Waals surface area contributed by atoms with Crippen molar-refractivity contribution in [2.75, 3.05) is 0 Å². The summed E-state index contributed by atoms with van der Waals surface area (Å²) in [5.41, 5.74) is 1.79.